The van der Waals surface area contributed by atoms with E-state index in [0.717, 1.165) is 45.9 Å². The van der Waals surface area contributed by atoms with E-state index in [0.29, 0.717) is 23.8 Å². The topological polar surface area (TPSA) is 88.5 Å². The number of hydrogen-bond acceptors (Lipinski definition) is 6. The van der Waals surface area contributed by atoms with Gasteiger partial charge in [0, 0.05) is 47.3 Å². The van der Waals surface area contributed by atoms with Gasteiger partial charge in [-0.25, -0.2) is 4.31 Å². The maximum absolute atomic E-state index is 13.0. The van der Waals surface area contributed by atoms with E-state index < -0.39 is 0 Å². The predicted molar refractivity (Wildman–Crippen MR) is 131 cm³/mol. The number of amides is 1. The van der Waals surface area contributed by atoms with Gasteiger partial charge in [0.25, 0.3) is 5.91 Å². The van der Waals surface area contributed by atoms with E-state index in [2.05, 4.69) is 19.6 Å². The van der Waals surface area contributed by atoms with Crippen LogP contribution in [0.2, 0.25) is 5.02 Å². The Bertz CT molecular complexity index is 1220. The van der Waals surface area contributed by atoms with Gasteiger partial charge >= 0.3 is 0 Å². The minimum Gasteiger partial charge on any atom is -0.405 e. The largest absolute Gasteiger partial charge is 0.405 e. The van der Waals surface area contributed by atoms with Crippen LogP contribution in [0.5, 0.6) is 0 Å². The molecule has 7 nitrogen and oxygen atoms in total. The second kappa shape index (κ2) is 9.77. The molecule has 4 rings (SSSR count). The third kappa shape index (κ3) is 4.67. The van der Waals surface area contributed by atoms with Crippen molar-refractivity contribution in [1.29, 1.82) is 0 Å². The van der Waals surface area contributed by atoms with Crippen LogP contribution < -0.4 is 11.1 Å². The summed E-state index contributed by atoms with van der Waals surface area (Å²) in [4.78, 5) is 22.9. The van der Waals surface area contributed by atoms with Crippen molar-refractivity contribution < 1.29 is 4.79 Å². The highest BCUT2D eigenvalue weighted by Gasteiger charge is 2.20. The number of hydrogen-bond donors (Lipinski definition) is 2. The lowest BCUT2D eigenvalue weighted by Gasteiger charge is -2.24. The molecule has 1 aromatic carbocycles. The standard InChI is InChI=1S/C23H25ClN6OS/c1-15-22(32-30-11-10-26-16(14-30)7-8-25)12-21(29(15)2)23(31)28-13-18-17-4-3-9-27-20(17)6-5-19(18)24/h3-9,12H,10-11,13-14,25H2,1-2H3,(H,28,31)/b8-7-. The number of carbonyl (C=O) groups is 1. The Morgan fingerprint density at radius 1 is 1.38 bits per heavy atom. The molecule has 3 heterocycles. The third-order valence-corrected chi connectivity index (χ3v) is 7.04. The summed E-state index contributed by atoms with van der Waals surface area (Å²) >= 11 is 8.06. The normalized spacial score (nSPS) is 14.8. The zero-order valence-electron chi connectivity index (χ0n) is 18.0. The molecule has 0 unspecified atom stereocenters. The van der Waals surface area contributed by atoms with Gasteiger partial charge in [0.15, 0.2) is 0 Å². The number of nitrogens with zero attached hydrogens (tertiary/aromatic N) is 4. The molecule has 0 spiro atoms. The molecule has 3 aromatic rings. The van der Waals surface area contributed by atoms with Crippen LogP contribution in [0.15, 0.2) is 58.7 Å². The average Bonchev–Trinajstić information content (AvgIpc) is 3.07. The molecule has 0 saturated heterocycles. The van der Waals surface area contributed by atoms with Crippen LogP contribution >= 0.6 is 23.5 Å². The smallest absolute Gasteiger partial charge is 0.268 e. The second-order valence-electron chi connectivity index (χ2n) is 7.50. The lowest BCUT2D eigenvalue weighted by Crippen LogP contribution is -2.30. The molecule has 0 fully saturated rings. The van der Waals surface area contributed by atoms with E-state index in [1.165, 1.54) is 6.20 Å². The number of nitrogens with one attached hydrogen (secondary N) is 1. The number of carbonyl (C=O) groups excluding carboxylic acids is 1. The van der Waals surface area contributed by atoms with Crippen molar-refractivity contribution in [3.05, 3.63) is 70.8 Å². The molecule has 0 bridgehead atoms. The molecule has 0 atom stereocenters. The first-order chi connectivity index (χ1) is 15.5. The Labute approximate surface area is 196 Å². The Balaban J connectivity index is 1.48. The first-order valence-corrected chi connectivity index (χ1v) is 11.4. The van der Waals surface area contributed by atoms with Gasteiger partial charge in [-0.2, -0.15) is 0 Å². The molecular weight excluding hydrogens is 444 g/mol. The number of benzene rings is 1. The molecule has 0 radical (unpaired) electrons. The van der Waals surface area contributed by atoms with Crippen molar-refractivity contribution in [2.45, 2.75) is 18.4 Å². The zero-order chi connectivity index (χ0) is 22.7. The van der Waals surface area contributed by atoms with Crippen LogP contribution in [-0.4, -0.2) is 45.1 Å². The summed E-state index contributed by atoms with van der Waals surface area (Å²) in [5.74, 6) is -0.147. The molecule has 9 heteroatoms. The summed E-state index contributed by atoms with van der Waals surface area (Å²) < 4.78 is 4.15. The van der Waals surface area contributed by atoms with Crippen molar-refractivity contribution in [3.8, 4) is 0 Å². The average molecular weight is 469 g/mol. The van der Waals surface area contributed by atoms with Gasteiger partial charge in [-0.15, -0.1) is 0 Å². The molecule has 1 amide bonds. The molecule has 166 valence electrons. The van der Waals surface area contributed by atoms with E-state index in [1.807, 2.05) is 54.9 Å². The summed E-state index contributed by atoms with van der Waals surface area (Å²) in [6.07, 6.45) is 5.09. The Morgan fingerprint density at radius 3 is 3.03 bits per heavy atom. The minimum atomic E-state index is -0.147. The fraction of sp³-hybridized carbons (Fsp3) is 0.261. The summed E-state index contributed by atoms with van der Waals surface area (Å²) in [5.41, 5.74) is 9.81. The second-order valence-corrected chi connectivity index (χ2v) is 9.05. The van der Waals surface area contributed by atoms with Crippen molar-refractivity contribution in [1.82, 2.24) is 19.2 Å². The SMILES string of the molecule is Cc1c(SN2CCN=C(/C=C\N)C2)cc(C(=O)NCc2c(Cl)ccc3ncccc23)n1C. The predicted octanol–water partition coefficient (Wildman–Crippen LogP) is 3.70. The quantitative estimate of drug-likeness (QED) is 0.538. The number of aromatic nitrogens is 2. The van der Waals surface area contributed by atoms with Crippen LogP contribution in [0.4, 0.5) is 0 Å². The Morgan fingerprint density at radius 2 is 2.22 bits per heavy atom. The minimum absolute atomic E-state index is 0.147. The highest BCUT2D eigenvalue weighted by Crippen LogP contribution is 2.30. The van der Waals surface area contributed by atoms with Crippen LogP contribution in [0.25, 0.3) is 10.9 Å². The maximum atomic E-state index is 13.0. The third-order valence-electron chi connectivity index (χ3n) is 5.51. The van der Waals surface area contributed by atoms with Crippen molar-refractivity contribution in [2.24, 2.45) is 17.8 Å². The number of rotatable bonds is 6. The summed E-state index contributed by atoms with van der Waals surface area (Å²) in [6, 6.07) is 9.47. The van der Waals surface area contributed by atoms with Crippen LogP contribution in [-0.2, 0) is 13.6 Å². The van der Waals surface area contributed by atoms with Gasteiger partial charge in [0.1, 0.15) is 5.69 Å². The number of pyridine rings is 1. The Hall–Kier alpha value is -2.81. The first-order valence-electron chi connectivity index (χ1n) is 10.3. The van der Waals surface area contributed by atoms with Crippen LogP contribution in [0.1, 0.15) is 21.7 Å². The highest BCUT2D eigenvalue weighted by molar-refractivity contribution is 7.97. The van der Waals surface area contributed by atoms with Gasteiger partial charge in [0.05, 0.1) is 24.3 Å². The van der Waals surface area contributed by atoms with Crippen LogP contribution in [0.3, 0.4) is 0 Å². The highest BCUT2D eigenvalue weighted by atomic mass is 35.5. The van der Waals surface area contributed by atoms with Crippen LogP contribution in [0, 0.1) is 6.92 Å². The number of halogens is 1. The number of fused-ring (bicyclic) bond motifs is 1. The molecule has 1 aliphatic heterocycles. The molecule has 1 aliphatic rings. The monoisotopic (exact) mass is 468 g/mol. The van der Waals surface area contributed by atoms with E-state index in [9.17, 15) is 4.79 Å². The van der Waals surface area contributed by atoms with E-state index in [1.54, 1.807) is 18.1 Å². The number of aliphatic imine (C=N–C) groups is 1. The fourth-order valence-electron chi connectivity index (χ4n) is 3.66. The lowest BCUT2D eigenvalue weighted by atomic mass is 10.1. The van der Waals surface area contributed by atoms with E-state index in [-0.39, 0.29) is 5.91 Å². The van der Waals surface area contributed by atoms with Gasteiger partial charge in [-0.05, 0) is 61.0 Å². The van der Waals surface area contributed by atoms with Crippen molar-refractivity contribution >= 4 is 46.1 Å². The summed E-state index contributed by atoms with van der Waals surface area (Å²) in [5, 5.41) is 4.57. The van der Waals surface area contributed by atoms with Gasteiger partial charge in [0.2, 0.25) is 0 Å². The fourth-order valence-corrected chi connectivity index (χ4v) is 4.97. The van der Waals surface area contributed by atoms with Gasteiger partial charge < -0.3 is 15.6 Å². The molecule has 0 aliphatic carbocycles. The lowest BCUT2D eigenvalue weighted by molar-refractivity contribution is 0.0942. The maximum Gasteiger partial charge on any atom is 0.268 e. The zero-order valence-corrected chi connectivity index (χ0v) is 19.6. The van der Waals surface area contributed by atoms with E-state index in [4.69, 9.17) is 17.3 Å². The Kier molecular flexibility index (Phi) is 6.83. The molecular formula is C23H25ClN6OS. The first kappa shape index (κ1) is 22.4. The molecule has 0 saturated carbocycles. The van der Waals surface area contributed by atoms with Crippen molar-refractivity contribution in [3.63, 3.8) is 0 Å². The summed E-state index contributed by atoms with van der Waals surface area (Å²) in [6.45, 7) is 4.63. The number of nitrogens with two attached hydrogens (primary N) is 1. The van der Waals surface area contributed by atoms with E-state index >= 15 is 0 Å². The van der Waals surface area contributed by atoms with Gasteiger partial charge in [-0.3, -0.25) is 14.8 Å². The van der Waals surface area contributed by atoms with Crippen molar-refractivity contribution in [2.75, 3.05) is 19.6 Å². The summed E-state index contributed by atoms with van der Waals surface area (Å²) in [7, 11) is 1.91. The molecule has 2 aromatic heterocycles. The molecule has 3 N–H and O–H groups in total. The molecule has 32 heavy (non-hydrogen) atoms. The van der Waals surface area contributed by atoms with Gasteiger partial charge in [-0.1, -0.05) is 17.7 Å².